The quantitative estimate of drug-likeness (QED) is 0.786. The van der Waals surface area contributed by atoms with Crippen molar-refractivity contribution in [1.29, 1.82) is 0 Å². The van der Waals surface area contributed by atoms with Crippen LogP contribution in [0.5, 0.6) is 0 Å². The molecule has 0 spiro atoms. The van der Waals surface area contributed by atoms with Crippen LogP contribution in [0.25, 0.3) is 0 Å². The smallest absolute Gasteiger partial charge is 0.211 e. The van der Waals surface area contributed by atoms with Crippen molar-refractivity contribution < 1.29 is 8.42 Å². The normalized spacial score (nSPS) is 16.2. The SMILES string of the molecule is Cc1ccc(S(=O)(=O)NCCCC2(c3ccccc3)CC2)cc1. The number of rotatable bonds is 7. The molecule has 1 aliphatic carbocycles. The highest BCUT2D eigenvalue weighted by molar-refractivity contribution is 7.89. The number of nitrogens with one attached hydrogen (secondary N) is 1. The molecule has 0 amide bonds. The first-order valence-corrected chi connectivity index (χ1v) is 9.62. The fourth-order valence-electron chi connectivity index (χ4n) is 3.06. The minimum absolute atomic E-state index is 0.288. The Kier molecular flexibility index (Phi) is 4.55. The van der Waals surface area contributed by atoms with E-state index >= 15 is 0 Å². The van der Waals surface area contributed by atoms with Gasteiger partial charge >= 0.3 is 0 Å². The summed E-state index contributed by atoms with van der Waals surface area (Å²) in [5.74, 6) is 0. The largest absolute Gasteiger partial charge is 0.240 e. The highest BCUT2D eigenvalue weighted by Crippen LogP contribution is 2.51. The fourth-order valence-corrected chi connectivity index (χ4v) is 4.13. The zero-order chi connectivity index (χ0) is 16.3. The van der Waals surface area contributed by atoms with E-state index in [9.17, 15) is 8.42 Å². The lowest BCUT2D eigenvalue weighted by Gasteiger charge is -2.15. The van der Waals surface area contributed by atoms with Crippen molar-refractivity contribution in [2.75, 3.05) is 6.54 Å². The van der Waals surface area contributed by atoms with Gasteiger partial charge in [0.15, 0.2) is 0 Å². The van der Waals surface area contributed by atoms with Gasteiger partial charge in [-0.1, -0.05) is 48.0 Å². The van der Waals surface area contributed by atoms with E-state index in [1.54, 1.807) is 12.1 Å². The van der Waals surface area contributed by atoms with Crippen LogP contribution in [0.4, 0.5) is 0 Å². The third-order valence-electron chi connectivity index (χ3n) is 4.70. The topological polar surface area (TPSA) is 46.2 Å². The molecule has 1 aliphatic rings. The Balaban J connectivity index is 1.53. The summed E-state index contributed by atoms with van der Waals surface area (Å²) in [4.78, 5) is 0.340. The lowest BCUT2D eigenvalue weighted by atomic mass is 9.91. The molecule has 23 heavy (non-hydrogen) atoms. The minimum Gasteiger partial charge on any atom is -0.211 e. The van der Waals surface area contributed by atoms with E-state index < -0.39 is 10.0 Å². The van der Waals surface area contributed by atoms with Crippen LogP contribution in [0.15, 0.2) is 59.5 Å². The van der Waals surface area contributed by atoms with Gasteiger partial charge in [-0.05, 0) is 55.7 Å². The van der Waals surface area contributed by atoms with Gasteiger partial charge in [-0.15, -0.1) is 0 Å². The van der Waals surface area contributed by atoms with Crippen LogP contribution < -0.4 is 4.72 Å². The summed E-state index contributed by atoms with van der Waals surface area (Å²) < 4.78 is 27.2. The Bertz CT molecular complexity index is 748. The molecular weight excluding hydrogens is 306 g/mol. The highest BCUT2D eigenvalue weighted by atomic mass is 32.2. The van der Waals surface area contributed by atoms with Crippen LogP contribution in [0, 0.1) is 6.92 Å². The van der Waals surface area contributed by atoms with Gasteiger partial charge in [-0.2, -0.15) is 0 Å². The van der Waals surface area contributed by atoms with E-state index in [-0.39, 0.29) is 5.41 Å². The fraction of sp³-hybridized carbons (Fsp3) is 0.368. The van der Waals surface area contributed by atoms with E-state index in [0.29, 0.717) is 11.4 Å². The number of sulfonamides is 1. The number of benzene rings is 2. The van der Waals surface area contributed by atoms with Crippen molar-refractivity contribution in [3.05, 3.63) is 65.7 Å². The summed E-state index contributed by atoms with van der Waals surface area (Å²) in [5, 5.41) is 0. The molecule has 0 saturated heterocycles. The molecule has 0 aliphatic heterocycles. The molecule has 122 valence electrons. The molecule has 3 nitrogen and oxygen atoms in total. The van der Waals surface area contributed by atoms with E-state index in [2.05, 4.69) is 29.0 Å². The highest BCUT2D eigenvalue weighted by Gasteiger charge is 2.43. The molecule has 1 N–H and O–H groups in total. The van der Waals surface area contributed by atoms with E-state index in [0.717, 1.165) is 18.4 Å². The summed E-state index contributed by atoms with van der Waals surface area (Å²) in [5.41, 5.74) is 2.74. The van der Waals surface area contributed by atoms with E-state index in [4.69, 9.17) is 0 Å². The number of hydrogen-bond acceptors (Lipinski definition) is 2. The Morgan fingerprint density at radius 3 is 2.26 bits per heavy atom. The summed E-state index contributed by atoms with van der Waals surface area (Å²) >= 11 is 0. The molecule has 1 saturated carbocycles. The Morgan fingerprint density at radius 2 is 1.65 bits per heavy atom. The van der Waals surface area contributed by atoms with Crippen LogP contribution >= 0.6 is 0 Å². The standard InChI is InChI=1S/C19H23NO2S/c1-16-8-10-18(11-9-16)23(21,22)20-15-5-12-19(13-14-19)17-6-3-2-4-7-17/h2-4,6-11,20H,5,12-15H2,1H3. The van der Waals surface area contributed by atoms with Crippen molar-refractivity contribution in [2.45, 2.75) is 42.9 Å². The zero-order valence-corrected chi connectivity index (χ0v) is 14.3. The molecule has 1 fully saturated rings. The van der Waals surface area contributed by atoms with Gasteiger partial charge < -0.3 is 0 Å². The molecule has 2 aromatic carbocycles. The van der Waals surface area contributed by atoms with Crippen molar-refractivity contribution >= 4 is 10.0 Å². The van der Waals surface area contributed by atoms with Gasteiger partial charge in [0, 0.05) is 6.54 Å². The predicted molar refractivity (Wildman–Crippen MR) is 93.0 cm³/mol. The van der Waals surface area contributed by atoms with Crippen molar-refractivity contribution in [3.63, 3.8) is 0 Å². The van der Waals surface area contributed by atoms with Gasteiger partial charge in [-0.25, -0.2) is 13.1 Å². The summed E-state index contributed by atoms with van der Waals surface area (Å²) in [6.45, 7) is 2.44. The van der Waals surface area contributed by atoms with Crippen LogP contribution in [-0.4, -0.2) is 15.0 Å². The Morgan fingerprint density at radius 1 is 1.00 bits per heavy atom. The molecule has 3 rings (SSSR count). The first-order valence-electron chi connectivity index (χ1n) is 8.14. The monoisotopic (exact) mass is 329 g/mol. The van der Waals surface area contributed by atoms with E-state index in [1.807, 2.05) is 25.1 Å². The third-order valence-corrected chi connectivity index (χ3v) is 6.17. The number of hydrogen-bond donors (Lipinski definition) is 1. The number of aryl methyl sites for hydroxylation is 1. The maximum atomic E-state index is 12.2. The van der Waals surface area contributed by atoms with E-state index in [1.165, 1.54) is 18.4 Å². The summed E-state index contributed by atoms with van der Waals surface area (Å²) in [7, 11) is -3.39. The second-order valence-electron chi connectivity index (χ2n) is 6.46. The molecule has 0 bridgehead atoms. The molecule has 2 aromatic rings. The molecule has 0 heterocycles. The second kappa shape index (κ2) is 6.46. The summed E-state index contributed by atoms with van der Waals surface area (Å²) in [6.07, 6.45) is 4.32. The molecular formula is C19H23NO2S. The van der Waals surface area contributed by atoms with Crippen molar-refractivity contribution in [2.24, 2.45) is 0 Å². The van der Waals surface area contributed by atoms with Gasteiger partial charge in [0.1, 0.15) is 0 Å². The Hall–Kier alpha value is -1.65. The Labute approximate surface area is 138 Å². The molecule has 4 heteroatoms. The van der Waals surface area contributed by atoms with Gasteiger partial charge in [0.25, 0.3) is 0 Å². The van der Waals surface area contributed by atoms with Gasteiger partial charge in [-0.3, -0.25) is 0 Å². The van der Waals surface area contributed by atoms with Crippen LogP contribution in [-0.2, 0) is 15.4 Å². The molecule has 0 radical (unpaired) electrons. The summed E-state index contributed by atoms with van der Waals surface area (Å²) in [6, 6.07) is 17.5. The average Bonchev–Trinajstić information content (AvgIpc) is 3.34. The first kappa shape index (κ1) is 16.2. The van der Waals surface area contributed by atoms with Crippen molar-refractivity contribution in [3.8, 4) is 0 Å². The maximum absolute atomic E-state index is 12.2. The molecule has 0 atom stereocenters. The average molecular weight is 329 g/mol. The van der Waals surface area contributed by atoms with Gasteiger partial charge in [0.2, 0.25) is 10.0 Å². The molecule has 0 unspecified atom stereocenters. The second-order valence-corrected chi connectivity index (χ2v) is 8.23. The maximum Gasteiger partial charge on any atom is 0.240 e. The predicted octanol–water partition coefficient (Wildman–Crippen LogP) is 3.79. The minimum atomic E-state index is -3.39. The lowest BCUT2D eigenvalue weighted by molar-refractivity contribution is 0.554. The third kappa shape index (κ3) is 3.82. The first-order chi connectivity index (χ1) is 11.0. The van der Waals surface area contributed by atoms with Crippen LogP contribution in [0.1, 0.15) is 36.8 Å². The van der Waals surface area contributed by atoms with Gasteiger partial charge in [0.05, 0.1) is 4.90 Å². The zero-order valence-electron chi connectivity index (χ0n) is 13.5. The lowest BCUT2D eigenvalue weighted by Crippen LogP contribution is -2.25. The van der Waals surface area contributed by atoms with Crippen molar-refractivity contribution in [1.82, 2.24) is 4.72 Å². The van der Waals surface area contributed by atoms with Crippen LogP contribution in [0.2, 0.25) is 0 Å². The molecule has 0 aromatic heterocycles. The van der Waals surface area contributed by atoms with Crippen LogP contribution in [0.3, 0.4) is 0 Å².